The Morgan fingerprint density at radius 1 is 1.09 bits per heavy atom. The first-order valence-electron chi connectivity index (χ1n) is 10.9. The first-order valence-corrected chi connectivity index (χ1v) is 12.4. The van der Waals surface area contributed by atoms with Gasteiger partial charge in [0.05, 0.1) is 23.5 Å². The van der Waals surface area contributed by atoms with Gasteiger partial charge in [-0.1, -0.05) is 36.4 Å². The highest BCUT2D eigenvalue weighted by Crippen LogP contribution is 2.37. The first kappa shape index (κ1) is 24.4. The van der Waals surface area contributed by atoms with Gasteiger partial charge >= 0.3 is 11.7 Å². The molecule has 0 amide bonds. The molecule has 0 aromatic heterocycles. The summed E-state index contributed by atoms with van der Waals surface area (Å²) in [6, 6.07) is 15.6. The number of nitro benzene ring substituents is 1. The number of nitro groups is 1. The van der Waals surface area contributed by atoms with E-state index in [1.54, 1.807) is 25.1 Å². The van der Waals surface area contributed by atoms with Gasteiger partial charge in [0.25, 0.3) is 0 Å². The maximum atomic E-state index is 13.3. The molecule has 182 valence electrons. The number of esters is 1. The van der Waals surface area contributed by atoms with Crippen molar-refractivity contribution in [1.29, 1.82) is 0 Å². The zero-order valence-electron chi connectivity index (χ0n) is 19.2. The maximum Gasteiger partial charge on any atom is 0.324 e. The number of nitrogens with zero attached hydrogens (tertiary/aromatic N) is 1. The fourth-order valence-corrected chi connectivity index (χ4v) is 5.39. The number of methoxy groups -OCH3 is 1. The molecule has 4 rings (SSSR count). The SMILES string of the molecule is CCOC(=O)[C@@H](Cc1ccc(OC)c([N+](=O)[O-])c1)NS(=O)(=O)c1ccc2c(c1)-c1ccccc1C2. The molecule has 1 aliphatic carbocycles. The van der Waals surface area contributed by atoms with E-state index < -0.39 is 27.0 Å². The Balaban J connectivity index is 1.64. The van der Waals surface area contributed by atoms with E-state index in [1.807, 2.05) is 24.3 Å². The van der Waals surface area contributed by atoms with Crippen molar-refractivity contribution in [2.24, 2.45) is 0 Å². The van der Waals surface area contributed by atoms with Gasteiger partial charge < -0.3 is 9.47 Å². The van der Waals surface area contributed by atoms with E-state index in [0.717, 1.165) is 28.7 Å². The zero-order chi connectivity index (χ0) is 25.2. The fraction of sp³-hybridized carbons (Fsp3) is 0.240. The summed E-state index contributed by atoms with van der Waals surface area (Å²) in [4.78, 5) is 23.4. The molecule has 0 spiro atoms. The lowest BCUT2D eigenvalue weighted by molar-refractivity contribution is -0.385. The highest BCUT2D eigenvalue weighted by atomic mass is 32.2. The van der Waals surface area contributed by atoms with Crippen LogP contribution in [0.15, 0.2) is 65.6 Å². The Hall–Kier alpha value is -3.76. The van der Waals surface area contributed by atoms with Crippen molar-refractivity contribution in [2.75, 3.05) is 13.7 Å². The van der Waals surface area contributed by atoms with Crippen LogP contribution in [0.2, 0.25) is 0 Å². The lowest BCUT2D eigenvalue weighted by atomic mass is 10.1. The third-order valence-corrected chi connectivity index (χ3v) is 7.30. The Morgan fingerprint density at radius 3 is 2.54 bits per heavy atom. The van der Waals surface area contributed by atoms with Crippen LogP contribution in [0.3, 0.4) is 0 Å². The lowest BCUT2D eigenvalue weighted by Gasteiger charge is -2.18. The maximum absolute atomic E-state index is 13.3. The highest BCUT2D eigenvalue weighted by molar-refractivity contribution is 7.89. The van der Waals surface area contributed by atoms with Gasteiger partial charge in [-0.15, -0.1) is 0 Å². The van der Waals surface area contributed by atoms with E-state index >= 15 is 0 Å². The second-order valence-electron chi connectivity index (χ2n) is 8.05. The van der Waals surface area contributed by atoms with Crippen molar-refractivity contribution in [3.8, 4) is 16.9 Å². The van der Waals surface area contributed by atoms with Crippen molar-refractivity contribution < 1.29 is 27.6 Å². The van der Waals surface area contributed by atoms with Crippen molar-refractivity contribution in [3.63, 3.8) is 0 Å². The van der Waals surface area contributed by atoms with Gasteiger partial charge in [0, 0.05) is 6.07 Å². The average Bonchev–Trinajstić information content (AvgIpc) is 3.21. The first-order chi connectivity index (χ1) is 16.7. The normalized spacial score (nSPS) is 13.0. The predicted octanol–water partition coefficient (Wildman–Crippen LogP) is 3.63. The van der Waals surface area contributed by atoms with E-state index in [4.69, 9.17) is 9.47 Å². The number of carbonyl (C=O) groups is 1. The Labute approximate surface area is 202 Å². The van der Waals surface area contributed by atoms with Crippen molar-refractivity contribution in [2.45, 2.75) is 30.7 Å². The van der Waals surface area contributed by atoms with Gasteiger partial charge in [0.1, 0.15) is 6.04 Å². The summed E-state index contributed by atoms with van der Waals surface area (Å²) in [6.07, 6.45) is 0.581. The number of nitrogens with one attached hydrogen (secondary N) is 1. The predicted molar refractivity (Wildman–Crippen MR) is 129 cm³/mol. The van der Waals surface area contributed by atoms with E-state index in [1.165, 1.54) is 25.3 Å². The van der Waals surface area contributed by atoms with Crippen LogP contribution in [0.25, 0.3) is 11.1 Å². The van der Waals surface area contributed by atoms with Crippen LogP contribution in [-0.4, -0.2) is 39.1 Å². The lowest BCUT2D eigenvalue weighted by Crippen LogP contribution is -2.43. The van der Waals surface area contributed by atoms with Crippen LogP contribution < -0.4 is 9.46 Å². The Bertz CT molecular complexity index is 1400. The molecular formula is C25H24N2O7S. The molecule has 1 N–H and O–H groups in total. The average molecular weight is 497 g/mol. The molecule has 0 radical (unpaired) electrons. The topological polar surface area (TPSA) is 125 Å². The molecule has 3 aromatic rings. The van der Waals surface area contributed by atoms with Gasteiger partial charge in [0.2, 0.25) is 10.0 Å². The zero-order valence-corrected chi connectivity index (χ0v) is 20.0. The van der Waals surface area contributed by atoms with Gasteiger partial charge in [-0.2, -0.15) is 4.72 Å². The second-order valence-corrected chi connectivity index (χ2v) is 9.76. The summed E-state index contributed by atoms with van der Waals surface area (Å²) in [7, 11) is -2.80. The second kappa shape index (κ2) is 9.85. The molecule has 0 fully saturated rings. The molecule has 0 saturated carbocycles. The number of hydrogen-bond donors (Lipinski definition) is 1. The van der Waals surface area contributed by atoms with Crippen LogP contribution in [-0.2, 0) is 32.4 Å². The van der Waals surface area contributed by atoms with Crippen molar-refractivity contribution in [1.82, 2.24) is 4.72 Å². The van der Waals surface area contributed by atoms with E-state index in [9.17, 15) is 23.3 Å². The highest BCUT2D eigenvalue weighted by Gasteiger charge is 2.29. The molecule has 1 atom stereocenters. The summed E-state index contributed by atoms with van der Waals surface area (Å²) in [5, 5.41) is 11.4. The molecule has 0 heterocycles. The number of fused-ring (bicyclic) bond motifs is 3. The van der Waals surface area contributed by atoms with Gasteiger partial charge in [0.15, 0.2) is 5.75 Å². The summed E-state index contributed by atoms with van der Waals surface area (Å²) in [5.41, 5.74) is 4.05. The third-order valence-electron chi connectivity index (χ3n) is 5.83. The Morgan fingerprint density at radius 2 is 1.83 bits per heavy atom. The summed E-state index contributed by atoms with van der Waals surface area (Å²) in [5.74, 6) is -0.716. The van der Waals surface area contributed by atoms with E-state index in [2.05, 4.69) is 4.72 Å². The van der Waals surface area contributed by atoms with E-state index in [-0.39, 0.29) is 29.4 Å². The number of ether oxygens (including phenoxy) is 2. The minimum Gasteiger partial charge on any atom is -0.490 e. The van der Waals surface area contributed by atoms with Gasteiger partial charge in [-0.05, 0) is 65.8 Å². The number of carbonyl (C=O) groups excluding carboxylic acids is 1. The quantitative estimate of drug-likeness (QED) is 0.213. The largest absolute Gasteiger partial charge is 0.490 e. The van der Waals surface area contributed by atoms with Crippen LogP contribution in [0.5, 0.6) is 5.75 Å². The molecule has 3 aromatic carbocycles. The fourth-order valence-electron chi connectivity index (χ4n) is 4.18. The summed E-state index contributed by atoms with van der Waals surface area (Å²) in [6.45, 7) is 1.66. The number of benzene rings is 3. The van der Waals surface area contributed by atoms with Gasteiger partial charge in [-0.25, -0.2) is 8.42 Å². The number of rotatable bonds is 9. The summed E-state index contributed by atoms with van der Waals surface area (Å²) < 4.78 is 39.1. The third kappa shape index (κ3) is 5.03. The van der Waals surface area contributed by atoms with Gasteiger partial charge in [-0.3, -0.25) is 14.9 Å². The number of sulfonamides is 1. The summed E-state index contributed by atoms with van der Waals surface area (Å²) >= 11 is 0. The smallest absolute Gasteiger partial charge is 0.324 e. The van der Waals surface area contributed by atoms with Crippen LogP contribution >= 0.6 is 0 Å². The van der Waals surface area contributed by atoms with E-state index in [0.29, 0.717) is 5.56 Å². The molecule has 0 aliphatic heterocycles. The van der Waals surface area contributed by atoms with Crippen LogP contribution in [0.4, 0.5) is 5.69 Å². The van der Waals surface area contributed by atoms with Crippen LogP contribution in [0.1, 0.15) is 23.6 Å². The standard InChI is InChI=1S/C25H24N2O7S/c1-3-34-25(28)22(12-16-8-11-24(33-2)23(13-16)27(29)30)26-35(31,32)19-10-9-18-14-17-6-4-5-7-20(17)21(18)15-19/h4-11,13,15,22,26H,3,12,14H2,1-2H3/t22-/m1/s1. The molecular weight excluding hydrogens is 472 g/mol. The molecule has 0 unspecified atom stereocenters. The molecule has 9 nitrogen and oxygen atoms in total. The number of hydrogen-bond acceptors (Lipinski definition) is 7. The molecule has 0 saturated heterocycles. The minimum atomic E-state index is -4.12. The van der Waals surface area contributed by atoms with Crippen molar-refractivity contribution in [3.05, 3.63) is 87.5 Å². The van der Waals surface area contributed by atoms with Crippen molar-refractivity contribution >= 4 is 21.7 Å². The molecule has 10 heteroatoms. The Kier molecular flexibility index (Phi) is 6.86. The molecule has 1 aliphatic rings. The monoisotopic (exact) mass is 496 g/mol. The molecule has 0 bridgehead atoms. The minimum absolute atomic E-state index is 0.0166. The molecule has 35 heavy (non-hydrogen) atoms. The van der Waals surface area contributed by atoms with Crippen LogP contribution in [0, 0.1) is 10.1 Å².